The Morgan fingerprint density at radius 3 is 2.30 bits per heavy atom. The van der Waals surface area contributed by atoms with Crippen molar-refractivity contribution >= 4 is 17.6 Å². The number of hydrogen-bond acceptors (Lipinski definition) is 2. The van der Waals surface area contributed by atoms with Gasteiger partial charge in [-0.25, -0.2) is 9.18 Å². The molecule has 0 spiro atoms. The van der Waals surface area contributed by atoms with Crippen molar-refractivity contribution in [2.24, 2.45) is 0 Å². The van der Waals surface area contributed by atoms with E-state index in [1.165, 1.54) is 12.1 Å². The molecule has 0 aliphatic heterocycles. The monoisotopic (exact) mass is 445 g/mol. The van der Waals surface area contributed by atoms with E-state index in [2.05, 4.69) is 10.6 Å². The molecule has 3 aromatic carbocycles. The van der Waals surface area contributed by atoms with Crippen molar-refractivity contribution in [3.8, 4) is 0 Å². The zero-order chi connectivity index (χ0) is 23.4. The maximum absolute atomic E-state index is 13.6. The van der Waals surface area contributed by atoms with E-state index in [1.807, 2.05) is 50.2 Å². The molecule has 3 amide bonds. The van der Waals surface area contributed by atoms with Gasteiger partial charge in [-0.1, -0.05) is 48.5 Å². The predicted octanol–water partition coefficient (Wildman–Crippen LogP) is 5.67. The van der Waals surface area contributed by atoms with Crippen LogP contribution >= 0.6 is 0 Å². The third-order valence-electron chi connectivity index (χ3n) is 5.87. The Balaban J connectivity index is 1.62. The molecule has 0 aromatic heterocycles. The van der Waals surface area contributed by atoms with Gasteiger partial charge in [0.25, 0.3) is 5.91 Å². The topological polar surface area (TPSA) is 61.4 Å². The maximum Gasteiger partial charge on any atom is 0.322 e. The van der Waals surface area contributed by atoms with Crippen LogP contribution in [0.25, 0.3) is 0 Å². The molecule has 1 fully saturated rings. The van der Waals surface area contributed by atoms with Crippen LogP contribution in [0.3, 0.4) is 0 Å². The summed E-state index contributed by atoms with van der Waals surface area (Å²) in [5.74, 6) is -0.455. The van der Waals surface area contributed by atoms with E-state index >= 15 is 0 Å². The second-order valence-corrected chi connectivity index (χ2v) is 8.36. The van der Waals surface area contributed by atoms with Gasteiger partial charge in [0, 0.05) is 23.8 Å². The van der Waals surface area contributed by atoms with Gasteiger partial charge in [-0.05, 0) is 67.6 Å². The molecule has 1 aliphatic carbocycles. The summed E-state index contributed by atoms with van der Waals surface area (Å²) >= 11 is 0. The van der Waals surface area contributed by atoms with Gasteiger partial charge in [-0.15, -0.1) is 0 Å². The second-order valence-electron chi connectivity index (χ2n) is 8.36. The highest BCUT2D eigenvalue weighted by Gasteiger charge is 2.27. The van der Waals surface area contributed by atoms with Crippen molar-refractivity contribution < 1.29 is 14.0 Å². The van der Waals surface area contributed by atoms with E-state index in [0.29, 0.717) is 17.8 Å². The van der Waals surface area contributed by atoms with E-state index in [0.717, 1.165) is 29.5 Å². The second kappa shape index (κ2) is 9.86. The molecule has 33 heavy (non-hydrogen) atoms. The normalized spacial score (nSPS) is 13.8. The smallest absolute Gasteiger partial charge is 0.322 e. The molecular weight excluding hydrogens is 417 g/mol. The Bertz CT molecular complexity index is 1130. The van der Waals surface area contributed by atoms with Crippen molar-refractivity contribution in [1.82, 2.24) is 10.2 Å². The van der Waals surface area contributed by atoms with Gasteiger partial charge in [-0.3, -0.25) is 4.79 Å². The number of anilines is 1. The fourth-order valence-electron chi connectivity index (χ4n) is 3.86. The summed E-state index contributed by atoms with van der Waals surface area (Å²) < 4.78 is 13.6. The molecule has 1 saturated carbocycles. The number of carbonyl (C=O) groups excluding carboxylic acids is 2. The molecule has 4 rings (SSSR count). The van der Waals surface area contributed by atoms with E-state index in [-0.39, 0.29) is 23.8 Å². The van der Waals surface area contributed by atoms with Gasteiger partial charge in [0.15, 0.2) is 0 Å². The average Bonchev–Trinajstić information content (AvgIpc) is 3.64. The van der Waals surface area contributed by atoms with E-state index in [1.54, 1.807) is 29.2 Å². The minimum Gasteiger partial charge on any atom is -0.349 e. The van der Waals surface area contributed by atoms with Crippen molar-refractivity contribution in [3.05, 3.63) is 101 Å². The SMILES string of the molecule is CCN(C(=O)Nc1cc(C(=O)NC2CC2)ccc1C)C(c1ccccc1)c1ccc(F)cc1. The summed E-state index contributed by atoms with van der Waals surface area (Å²) in [7, 11) is 0. The van der Waals surface area contributed by atoms with Crippen LogP contribution < -0.4 is 10.6 Å². The van der Waals surface area contributed by atoms with Crippen LogP contribution in [-0.4, -0.2) is 29.4 Å². The van der Waals surface area contributed by atoms with Gasteiger partial charge in [-0.2, -0.15) is 0 Å². The highest BCUT2D eigenvalue weighted by molar-refractivity contribution is 5.97. The van der Waals surface area contributed by atoms with Crippen LogP contribution in [0.2, 0.25) is 0 Å². The van der Waals surface area contributed by atoms with E-state index in [4.69, 9.17) is 0 Å². The molecule has 3 aromatic rings. The van der Waals surface area contributed by atoms with Crippen LogP contribution in [0.4, 0.5) is 14.9 Å². The molecule has 6 heteroatoms. The summed E-state index contributed by atoms with van der Waals surface area (Å²) in [4.78, 5) is 27.6. The maximum atomic E-state index is 13.6. The molecule has 0 heterocycles. The summed E-state index contributed by atoms with van der Waals surface area (Å²) in [5, 5.41) is 5.97. The van der Waals surface area contributed by atoms with Gasteiger partial charge >= 0.3 is 6.03 Å². The van der Waals surface area contributed by atoms with E-state index in [9.17, 15) is 14.0 Å². The number of amides is 3. The third kappa shape index (κ3) is 5.40. The number of urea groups is 1. The first-order chi connectivity index (χ1) is 16.0. The first-order valence-corrected chi connectivity index (χ1v) is 11.3. The zero-order valence-electron chi connectivity index (χ0n) is 18.8. The lowest BCUT2D eigenvalue weighted by Gasteiger charge is -2.32. The quantitative estimate of drug-likeness (QED) is 0.492. The Morgan fingerprint density at radius 1 is 1.00 bits per heavy atom. The number of carbonyl (C=O) groups is 2. The van der Waals surface area contributed by atoms with Gasteiger partial charge in [0.05, 0.1) is 6.04 Å². The van der Waals surface area contributed by atoms with Crippen molar-refractivity contribution in [2.75, 3.05) is 11.9 Å². The van der Waals surface area contributed by atoms with Gasteiger partial charge in [0.1, 0.15) is 5.82 Å². The minimum absolute atomic E-state index is 0.131. The fraction of sp³-hybridized carbons (Fsp3) is 0.259. The number of halogens is 1. The number of hydrogen-bond donors (Lipinski definition) is 2. The molecule has 2 N–H and O–H groups in total. The summed E-state index contributed by atoms with van der Waals surface area (Å²) in [6.07, 6.45) is 2.02. The van der Waals surface area contributed by atoms with Gasteiger partial charge < -0.3 is 15.5 Å². The largest absolute Gasteiger partial charge is 0.349 e. The Hall–Kier alpha value is -3.67. The number of nitrogens with zero attached hydrogens (tertiary/aromatic N) is 1. The molecule has 1 atom stereocenters. The Kier molecular flexibility index (Phi) is 6.73. The number of nitrogens with one attached hydrogen (secondary N) is 2. The average molecular weight is 446 g/mol. The van der Waals surface area contributed by atoms with Crippen LogP contribution in [0.1, 0.15) is 52.9 Å². The first-order valence-electron chi connectivity index (χ1n) is 11.3. The molecule has 0 radical (unpaired) electrons. The highest BCUT2D eigenvalue weighted by Crippen LogP contribution is 2.30. The van der Waals surface area contributed by atoms with Crippen LogP contribution in [-0.2, 0) is 0 Å². The molecular formula is C27H28FN3O2. The molecule has 5 nitrogen and oxygen atoms in total. The molecule has 0 bridgehead atoms. The predicted molar refractivity (Wildman–Crippen MR) is 128 cm³/mol. The fourth-order valence-corrected chi connectivity index (χ4v) is 3.86. The van der Waals surface area contributed by atoms with E-state index < -0.39 is 6.04 Å². The van der Waals surface area contributed by atoms with Crippen LogP contribution in [0.15, 0.2) is 72.8 Å². The van der Waals surface area contributed by atoms with Crippen molar-refractivity contribution in [1.29, 1.82) is 0 Å². The lowest BCUT2D eigenvalue weighted by atomic mass is 9.97. The Labute approximate surface area is 193 Å². The summed E-state index contributed by atoms with van der Waals surface area (Å²) in [6.45, 7) is 4.23. The van der Waals surface area contributed by atoms with Crippen molar-refractivity contribution in [2.45, 2.75) is 38.8 Å². The molecule has 1 unspecified atom stereocenters. The molecule has 1 aliphatic rings. The number of rotatable bonds is 7. The first kappa shape index (κ1) is 22.5. The molecule has 170 valence electrons. The Morgan fingerprint density at radius 2 is 1.67 bits per heavy atom. The standard InChI is InChI=1S/C27H28FN3O2/c1-3-31(25(19-7-5-4-6-8-19)20-11-13-22(28)14-12-20)27(33)30-24-17-21(10-9-18(24)2)26(32)29-23-15-16-23/h4-14,17,23,25H,3,15-16H2,1-2H3,(H,29,32)(H,30,33). The number of aryl methyl sites for hydroxylation is 1. The van der Waals surface area contributed by atoms with Crippen LogP contribution in [0, 0.1) is 12.7 Å². The summed E-state index contributed by atoms with van der Waals surface area (Å²) in [6, 6.07) is 20.8. The molecule has 0 saturated heterocycles. The lowest BCUT2D eigenvalue weighted by molar-refractivity contribution is 0.0951. The lowest BCUT2D eigenvalue weighted by Crippen LogP contribution is -2.38. The summed E-state index contributed by atoms with van der Waals surface area (Å²) in [5.41, 5.74) is 3.71. The van der Waals surface area contributed by atoms with Gasteiger partial charge in [0.2, 0.25) is 0 Å². The zero-order valence-corrected chi connectivity index (χ0v) is 18.8. The third-order valence-corrected chi connectivity index (χ3v) is 5.87. The highest BCUT2D eigenvalue weighted by atomic mass is 19.1. The van der Waals surface area contributed by atoms with Crippen LogP contribution in [0.5, 0.6) is 0 Å². The van der Waals surface area contributed by atoms with Crippen molar-refractivity contribution in [3.63, 3.8) is 0 Å². The number of benzene rings is 3. The minimum atomic E-state index is -0.390.